The minimum atomic E-state index is -4.50. The molecule has 0 spiro atoms. The van der Waals surface area contributed by atoms with Gasteiger partial charge in [0.1, 0.15) is 5.82 Å². The van der Waals surface area contributed by atoms with Gasteiger partial charge in [-0.15, -0.1) is 0 Å². The first-order valence-corrected chi connectivity index (χ1v) is 7.48. The molecule has 0 saturated carbocycles. The van der Waals surface area contributed by atoms with E-state index in [4.69, 9.17) is 0 Å². The zero-order valence-electron chi connectivity index (χ0n) is 14.1. The predicted octanol–water partition coefficient (Wildman–Crippen LogP) is 4.18. The molecule has 7 heteroatoms. The van der Waals surface area contributed by atoms with E-state index in [-0.39, 0.29) is 17.7 Å². The first-order valence-electron chi connectivity index (χ1n) is 7.48. The molecule has 3 nitrogen and oxygen atoms in total. The number of hydrogen-bond donors (Lipinski definition) is 0. The fraction of sp³-hybridized carbons (Fsp3) is 0.278. The highest BCUT2D eigenvalue weighted by atomic mass is 19.4. The Morgan fingerprint density at radius 1 is 1.04 bits per heavy atom. The van der Waals surface area contributed by atoms with Gasteiger partial charge in [-0.2, -0.15) is 13.2 Å². The second-order valence-electron chi connectivity index (χ2n) is 5.88. The van der Waals surface area contributed by atoms with Gasteiger partial charge in [0.25, 0.3) is 5.91 Å². The first-order chi connectivity index (χ1) is 11.6. The molecule has 2 rings (SSSR count). The number of carbonyl (C=O) groups excluding carboxylic acids is 1. The summed E-state index contributed by atoms with van der Waals surface area (Å²) in [7, 11) is 4.72. The Hall–Kier alpha value is -2.57. The van der Waals surface area contributed by atoms with E-state index in [0.717, 1.165) is 17.0 Å². The lowest BCUT2D eigenvalue weighted by atomic mass is 10.1. The monoisotopic (exact) mass is 354 g/mol. The summed E-state index contributed by atoms with van der Waals surface area (Å²) in [5.41, 5.74) is -0.406. The molecule has 25 heavy (non-hydrogen) atoms. The quantitative estimate of drug-likeness (QED) is 0.769. The SMILES string of the molecule is CN(Cc1ccccc1C(F)(F)F)C(=O)c1ccc(N(C)C)c(F)c1. The molecule has 0 aliphatic carbocycles. The van der Waals surface area contributed by atoms with Gasteiger partial charge in [0.05, 0.1) is 11.3 Å². The number of rotatable bonds is 4. The lowest BCUT2D eigenvalue weighted by Crippen LogP contribution is -2.27. The van der Waals surface area contributed by atoms with Crippen molar-refractivity contribution in [2.24, 2.45) is 0 Å². The Balaban J connectivity index is 2.23. The van der Waals surface area contributed by atoms with E-state index in [9.17, 15) is 22.4 Å². The van der Waals surface area contributed by atoms with Crippen molar-refractivity contribution in [3.05, 3.63) is 65.0 Å². The molecule has 0 aliphatic rings. The van der Waals surface area contributed by atoms with E-state index >= 15 is 0 Å². The van der Waals surface area contributed by atoms with Crippen LogP contribution in [0, 0.1) is 5.82 Å². The third-order valence-corrected chi connectivity index (χ3v) is 3.75. The summed E-state index contributed by atoms with van der Waals surface area (Å²) < 4.78 is 53.1. The first kappa shape index (κ1) is 18.8. The van der Waals surface area contributed by atoms with Gasteiger partial charge in [0, 0.05) is 33.3 Å². The van der Waals surface area contributed by atoms with Crippen LogP contribution in [-0.2, 0) is 12.7 Å². The summed E-state index contributed by atoms with van der Waals surface area (Å²) in [6, 6.07) is 9.07. The Kier molecular flexibility index (Phi) is 5.35. The van der Waals surface area contributed by atoms with Crippen LogP contribution < -0.4 is 4.90 Å². The third kappa shape index (κ3) is 4.29. The molecular weight excluding hydrogens is 336 g/mol. The molecular formula is C18H18F4N2O. The number of alkyl halides is 3. The van der Waals surface area contributed by atoms with Crippen molar-refractivity contribution in [2.75, 3.05) is 26.0 Å². The molecule has 0 unspecified atom stereocenters. The second-order valence-corrected chi connectivity index (χ2v) is 5.88. The van der Waals surface area contributed by atoms with Crippen molar-refractivity contribution < 1.29 is 22.4 Å². The van der Waals surface area contributed by atoms with Crippen molar-refractivity contribution in [1.29, 1.82) is 0 Å². The van der Waals surface area contributed by atoms with Crippen LogP contribution in [0.5, 0.6) is 0 Å². The maximum absolute atomic E-state index is 14.0. The van der Waals surface area contributed by atoms with Crippen LogP contribution in [0.4, 0.5) is 23.2 Å². The standard InChI is InChI=1S/C18H18F4N2O/c1-23(2)16-9-8-12(10-15(16)19)17(25)24(3)11-13-6-4-5-7-14(13)18(20,21)22/h4-10H,11H2,1-3H3. The summed E-state index contributed by atoms with van der Waals surface area (Å²) in [6.07, 6.45) is -4.50. The Labute approximate surface area is 143 Å². The number of benzene rings is 2. The molecule has 134 valence electrons. The molecule has 2 aromatic rings. The highest BCUT2D eigenvalue weighted by molar-refractivity contribution is 5.94. The van der Waals surface area contributed by atoms with Gasteiger partial charge in [-0.05, 0) is 29.8 Å². The van der Waals surface area contributed by atoms with Crippen molar-refractivity contribution in [3.8, 4) is 0 Å². The molecule has 0 aliphatic heterocycles. The molecule has 0 saturated heterocycles. The van der Waals surface area contributed by atoms with E-state index in [1.54, 1.807) is 19.0 Å². The maximum Gasteiger partial charge on any atom is 0.416 e. The number of anilines is 1. The zero-order valence-corrected chi connectivity index (χ0v) is 14.1. The zero-order chi connectivity index (χ0) is 18.8. The summed E-state index contributed by atoms with van der Waals surface area (Å²) in [6.45, 7) is -0.231. The van der Waals surface area contributed by atoms with Crippen LogP contribution in [-0.4, -0.2) is 32.0 Å². The molecule has 1 amide bonds. The van der Waals surface area contributed by atoms with Gasteiger partial charge in [-0.3, -0.25) is 4.79 Å². The average molecular weight is 354 g/mol. The minimum Gasteiger partial charge on any atom is -0.375 e. The minimum absolute atomic E-state index is 0.0174. The molecule has 0 N–H and O–H groups in total. The molecule has 0 atom stereocenters. The van der Waals surface area contributed by atoms with Gasteiger partial charge in [-0.1, -0.05) is 18.2 Å². The maximum atomic E-state index is 14.0. The average Bonchev–Trinajstić information content (AvgIpc) is 2.53. The van der Waals surface area contributed by atoms with Gasteiger partial charge in [0.15, 0.2) is 0 Å². The number of halogens is 4. The fourth-order valence-corrected chi connectivity index (χ4v) is 2.49. The Morgan fingerprint density at radius 2 is 1.68 bits per heavy atom. The van der Waals surface area contributed by atoms with Crippen LogP contribution in [0.3, 0.4) is 0 Å². The number of hydrogen-bond acceptors (Lipinski definition) is 2. The molecule has 0 bridgehead atoms. The molecule has 0 fully saturated rings. The third-order valence-electron chi connectivity index (χ3n) is 3.75. The lowest BCUT2D eigenvalue weighted by Gasteiger charge is -2.21. The number of carbonyl (C=O) groups is 1. The van der Waals surface area contributed by atoms with Crippen LogP contribution in [0.25, 0.3) is 0 Å². The summed E-state index contributed by atoms with van der Waals surface area (Å²) in [4.78, 5) is 15.1. The van der Waals surface area contributed by atoms with Crippen molar-refractivity contribution in [1.82, 2.24) is 4.90 Å². The normalized spacial score (nSPS) is 11.3. The van der Waals surface area contributed by atoms with Crippen molar-refractivity contribution in [3.63, 3.8) is 0 Å². The van der Waals surface area contributed by atoms with Gasteiger partial charge < -0.3 is 9.80 Å². The van der Waals surface area contributed by atoms with Crippen LogP contribution in [0.15, 0.2) is 42.5 Å². The molecule has 0 aromatic heterocycles. The summed E-state index contributed by atoms with van der Waals surface area (Å²) in [5, 5.41) is 0. The molecule has 0 heterocycles. The highest BCUT2D eigenvalue weighted by Crippen LogP contribution is 2.32. The van der Waals surface area contributed by atoms with E-state index < -0.39 is 23.5 Å². The van der Waals surface area contributed by atoms with Crippen LogP contribution in [0.1, 0.15) is 21.5 Å². The van der Waals surface area contributed by atoms with Crippen LogP contribution >= 0.6 is 0 Å². The number of amides is 1. The molecule has 2 aromatic carbocycles. The van der Waals surface area contributed by atoms with Gasteiger partial charge in [-0.25, -0.2) is 4.39 Å². The summed E-state index contributed by atoms with van der Waals surface area (Å²) >= 11 is 0. The van der Waals surface area contributed by atoms with Crippen LogP contribution in [0.2, 0.25) is 0 Å². The van der Waals surface area contributed by atoms with E-state index in [1.165, 1.54) is 37.4 Å². The second kappa shape index (κ2) is 7.13. The van der Waals surface area contributed by atoms with E-state index in [2.05, 4.69) is 0 Å². The van der Waals surface area contributed by atoms with Gasteiger partial charge in [0.2, 0.25) is 0 Å². The predicted molar refractivity (Wildman–Crippen MR) is 88.0 cm³/mol. The topological polar surface area (TPSA) is 23.6 Å². The lowest BCUT2D eigenvalue weighted by molar-refractivity contribution is -0.138. The van der Waals surface area contributed by atoms with E-state index in [1.807, 2.05) is 0 Å². The van der Waals surface area contributed by atoms with Crippen molar-refractivity contribution >= 4 is 11.6 Å². The Morgan fingerprint density at radius 3 is 2.24 bits per heavy atom. The smallest absolute Gasteiger partial charge is 0.375 e. The largest absolute Gasteiger partial charge is 0.416 e. The molecule has 0 radical (unpaired) electrons. The Bertz CT molecular complexity index is 772. The highest BCUT2D eigenvalue weighted by Gasteiger charge is 2.33. The number of nitrogens with zero attached hydrogens (tertiary/aromatic N) is 2. The van der Waals surface area contributed by atoms with Gasteiger partial charge >= 0.3 is 6.18 Å². The van der Waals surface area contributed by atoms with E-state index in [0.29, 0.717) is 5.69 Å². The fourth-order valence-electron chi connectivity index (χ4n) is 2.49. The van der Waals surface area contributed by atoms with Crippen molar-refractivity contribution in [2.45, 2.75) is 12.7 Å². The summed E-state index contributed by atoms with van der Waals surface area (Å²) in [5.74, 6) is -1.12.